The SMILES string of the molecule is CC(Oc1cc(Cl)c(-c2noc(-c3cn4cc(C(F)(F)F)cc(Cl)c4n3)n2)cc1F)C(=O)O. The van der Waals surface area contributed by atoms with E-state index < -0.39 is 35.4 Å². The molecule has 1 atom stereocenters. The summed E-state index contributed by atoms with van der Waals surface area (Å²) in [5.74, 6) is -2.95. The van der Waals surface area contributed by atoms with Crippen molar-refractivity contribution in [1.82, 2.24) is 19.5 Å². The van der Waals surface area contributed by atoms with Gasteiger partial charge in [-0.2, -0.15) is 18.2 Å². The Hall–Kier alpha value is -3.38. The molecule has 14 heteroatoms. The lowest BCUT2D eigenvalue weighted by Gasteiger charge is -2.12. The van der Waals surface area contributed by atoms with Crippen molar-refractivity contribution in [2.24, 2.45) is 0 Å². The van der Waals surface area contributed by atoms with E-state index in [0.717, 1.165) is 28.8 Å². The van der Waals surface area contributed by atoms with Crippen LogP contribution < -0.4 is 4.74 Å². The monoisotopic (exact) mass is 504 g/mol. The van der Waals surface area contributed by atoms with E-state index in [1.54, 1.807) is 0 Å². The molecule has 0 spiro atoms. The molecule has 0 saturated heterocycles. The van der Waals surface area contributed by atoms with Crippen molar-refractivity contribution in [1.29, 1.82) is 0 Å². The van der Waals surface area contributed by atoms with Gasteiger partial charge in [-0.05, 0) is 19.1 Å². The molecule has 8 nitrogen and oxygen atoms in total. The zero-order valence-corrected chi connectivity index (χ0v) is 17.7. The van der Waals surface area contributed by atoms with E-state index in [4.69, 9.17) is 37.6 Å². The van der Waals surface area contributed by atoms with Crippen LogP contribution in [0.2, 0.25) is 10.0 Å². The van der Waals surface area contributed by atoms with Crippen molar-refractivity contribution >= 4 is 34.8 Å². The van der Waals surface area contributed by atoms with Gasteiger partial charge in [0.2, 0.25) is 5.82 Å². The third kappa shape index (κ3) is 4.44. The molecular formula is C19H10Cl2F4N4O4. The number of rotatable bonds is 5. The van der Waals surface area contributed by atoms with Gasteiger partial charge in [-0.15, -0.1) is 0 Å². The van der Waals surface area contributed by atoms with Crippen molar-refractivity contribution in [3.63, 3.8) is 0 Å². The summed E-state index contributed by atoms with van der Waals surface area (Å²) < 4.78 is 64.6. The van der Waals surface area contributed by atoms with Gasteiger partial charge < -0.3 is 18.8 Å². The predicted octanol–water partition coefficient (Wildman–Crippen LogP) is 5.37. The smallest absolute Gasteiger partial charge is 0.417 e. The molecular weight excluding hydrogens is 495 g/mol. The first-order valence-corrected chi connectivity index (χ1v) is 9.68. The molecule has 0 saturated carbocycles. The summed E-state index contributed by atoms with van der Waals surface area (Å²) >= 11 is 12.1. The molecule has 4 aromatic rings. The van der Waals surface area contributed by atoms with Crippen LogP contribution in [0.4, 0.5) is 17.6 Å². The third-order valence-electron chi connectivity index (χ3n) is 4.39. The van der Waals surface area contributed by atoms with Gasteiger partial charge in [0.1, 0.15) is 5.69 Å². The van der Waals surface area contributed by atoms with E-state index >= 15 is 0 Å². The minimum Gasteiger partial charge on any atom is -0.479 e. The van der Waals surface area contributed by atoms with Gasteiger partial charge in [-0.3, -0.25) is 0 Å². The number of aromatic nitrogens is 4. The second-order valence-corrected chi connectivity index (χ2v) is 7.53. The molecule has 33 heavy (non-hydrogen) atoms. The predicted molar refractivity (Wildman–Crippen MR) is 107 cm³/mol. The van der Waals surface area contributed by atoms with Crippen LogP contribution in [-0.2, 0) is 11.0 Å². The molecule has 1 unspecified atom stereocenters. The summed E-state index contributed by atoms with van der Waals surface area (Å²) in [6.45, 7) is 1.22. The van der Waals surface area contributed by atoms with E-state index in [1.165, 1.54) is 13.1 Å². The molecule has 0 amide bonds. The number of carboxylic acids is 1. The second kappa shape index (κ2) is 8.19. The van der Waals surface area contributed by atoms with Crippen molar-refractivity contribution in [2.75, 3.05) is 0 Å². The Kier molecular flexibility index (Phi) is 5.66. The zero-order valence-electron chi connectivity index (χ0n) is 16.2. The molecule has 4 rings (SSSR count). The Balaban J connectivity index is 1.68. The number of hydrogen-bond acceptors (Lipinski definition) is 6. The lowest BCUT2D eigenvalue weighted by molar-refractivity contribution is -0.144. The number of carbonyl (C=O) groups is 1. The van der Waals surface area contributed by atoms with E-state index in [2.05, 4.69) is 15.1 Å². The maximum Gasteiger partial charge on any atom is 0.417 e. The molecule has 0 radical (unpaired) electrons. The first-order valence-electron chi connectivity index (χ1n) is 8.92. The highest BCUT2D eigenvalue weighted by molar-refractivity contribution is 6.33. The Morgan fingerprint density at radius 3 is 2.58 bits per heavy atom. The summed E-state index contributed by atoms with van der Waals surface area (Å²) in [6.07, 6.45) is -3.92. The van der Waals surface area contributed by atoms with Crippen LogP contribution in [0.3, 0.4) is 0 Å². The summed E-state index contributed by atoms with van der Waals surface area (Å²) in [6, 6.07) is 2.73. The van der Waals surface area contributed by atoms with Gasteiger partial charge in [0.15, 0.2) is 23.3 Å². The largest absolute Gasteiger partial charge is 0.479 e. The van der Waals surface area contributed by atoms with E-state index in [0.29, 0.717) is 0 Å². The molecule has 3 aromatic heterocycles. The minimum atomic E-state index is -4.61. The molecule has 1 aromatic carbocycles. The average molecular weight is 505 g/mol. The number of nitrogens with zero attached hydrogens (tertiary/aromatic N) is 4. The Morgan fingerprint density at radius 2 is 1.91 bits per heavy atom. The van der Waals surface area contributed by atoms with Gasteiger partial charge in [0.25, 0.3) is 5.89 Å². The first-order chi connectivity index (χ1) is 15.4. The molecule has 0 aliphatic heterocycles. The number of hydrogen-bond donors (Lipinski definition) is 1. The number of imidazole rings is 1. The Morgan fingerprint density at radius 1 is 1.18 bits per heavy atom. The van der Waals surface area contributed by atoms with Crippen LogP contribution in [0, 0.1) is 5.82 Å². The third-order valence-corrected chi connectivity index (χ3v) is 4.98. The maximum atomic E-state index is 14.4. The van der Waals surface area contributed by atoms with Gasteiger partial charge in [-0.25, -0.2) is 14.2 Å². The summed E-state index contributed by atoms with van der Waals surface area (Å²) in [5, 5.41) is 12.3. The number of ether oxygens (including phenoxy) is 1. The highest BCUT2D eigenvalue weighted by Gasteiger charge is 2.32. The van der Waals surface area contributed by atoms with Crippen LogP contribution in [0.15, 0.2) is 35.1 Å². The van der Waals surface area contributed by atoms with E-state index in [9.17, 15) is 22.4 Å². The van der Waals surface area contributed by atoms with Crippen LogP contribution in [0.25, 0.3) is 28.6 Å². The van der Waals surface area contributed by atoms with Crippen LogP contribution in [0.1, 0.15) is 12.5 Å². The summed E-state index contributed by atoms with van der Waals surface area (Å²) in [5.41, 5.74) is -0.933. The summed E-state index contributed by atoms with van der Waals surface area (Å²) in [4.78, 5) is 19.1. The zero-order chi connectivity index (χ0) is 24.1. The van der Waals surface area contributed by atoms with E-state index in [-0.39, 0.29) is 38.7 Å². The van der Waals surface area contributed by atoms with Crippen LogP contribution >= 0.6 is 23.2 Å². The Labute approximate surface area is 191 Å². The fourth-order valence-electron chi connectivity index (χ4n) is 2.78. The quantitative estimate of drug-likeness (QED) is 0.364. The van der Waals surface area contributed by atoms with Crippen molar-refractivity contribution in [2.45, 2.75) is 19.2 Å². The van der Waals surface area contributed by atoms with Crippen molar-refractivity contribution < 1.29 is 36.7 Å². The van der Waals surface area contributed by atoms with Gasteiger partial charge in [-0.1, -0.05) is 28.4 Å². The fourth-order valence-corrected chi connectivity index (χ4v) is 3.28. The molecule has 0 bridgehead atoms. The average Bonchev–Trinajstić information content (AvgIpc) is 3.37. The molecule has 1 N–H and O–H groups in total. The lowest BCUT2D eigenvalue weighted by Crippen LogP contribution is -2.23. The van der Waals surface area contributed by atoms with E-state index in [1.807, 2.05) is 0 Å². The number of aliphatic carboxylic acids is 1. The standard InChI is InChI=1S/C19H10Cl2F4N4O4/c1-7(18(30)31)32-14-4-10(20)9(3-12(14)22)15-27-17(33-28-15)13-6-29-5-8(19(23,24)25)2-11(21)16(29)26-13/h2-7H,1H3,(H,30,31). The topological polar surface area (TPSA) is 103 Å². The molecule has 172 valence electrons. The summed E-state index contributed by atoms with van der Waals surface area (Å²) in [7, 11) is 0. The number of carboxylic acid groups (broad SMARTS) is 1. The molecule has 0 aliphatic rings. The highest BCUT2D eigenvalue weighted by atomic mass is 35.5. The second-order valence-electron chi connectivity index (χ2n) is 6.72. The number of pyridine rings is 1. The van der Waals surface area contributed by atoms with Gasteiger partial charge in [0, 0.05) is 24.0 Å². The normalized spacial score (nSPS) is 12.8. The van der Waals surface area contributed by atoms with Gasteiger partial charge in [0.05, 0.1) is 15.6 Å². The van der Waals surface area contributed by atoms with Crippen molar-refractivity contribution in [3.8, 4) is 28.7 Å². The molecule has 3 heterocycles. The Bertz CT molecular complexity index is 1390. The van der Waals surface area contributed by atoms with Crippen molar-refractivity contribution in [3.05, 3.63) is 52.0 Å². The molecule has 0 aliphatic carbocycles. The minimum absolute atomic E-state index is 0.000601. The number of fused-ring (bicyclic) bond motifs is 1. The van der Waals surface area contributed by atoms with Crippen LogP contribution in [0.5, 0.6) is 5.75 Å². The number of alkyl halides is 3. The highest BCUT2D eigenvalue weighted by Crippen LogP contribution is 2.35. The number of benzene rings is 1. The molecule has 0 fully saturated rings. The maximum absolute atomic E-state index is 14.4. The van der Waals surface area contributed by atoms with Gasteiger partial charge >= 0.3 is 12.1 Å². The number of halogens is 6. The lowest BCUT2D eigenvalue weighted by atomic mass is 10.2. The fraction of sp³-hybridized carbons (Fsp3) is 0.158. The van der Waals surface area contributed by atoms with Crippen LogP contribution in [-0.4, -0.2) is 36.7 Å². The first kappa shape index (κ1) is 22.8.